The number of ether oxygens (including phenoxy) is 5. The number of hydrogen-bond acceptors (Lipinski definition) is 11. The number of nitrogens with one attached hydrogen (secondary N) is 2. The molecule has 0 spiro atoms. The molecule has 3 atom stereocenters. The molecule has 278 valence electrons. The van der Waals surface area contributed by atoms with E-state index >= 15 is 0 Å². The first-order valence-electron chi connectivity index (χ1n) is 16.9. The fraction of sp³-hybridized carbons (Fsp3) is 0.421. The molecule has 0 bridgehead atoms. The molecule has 0 fully saturated rings. The van der Waals surface area contributed by atoms with Crippen molar-refractivity contribution in [2.45, 2.75) is 57.3 Å². The minimum absolute atomic E-state index is 0.112. The number of benzene rings is 2. The van der Waals surface area contributed by atoms with Gasteiger partial charge in [-0.3, -0.25) is 19.2 Å². The smallest absolute Gasteiger partial charge is 0.246 e. The predicted octanol–water partition coefficient (Wildman–Crippen LogP) is 3.85. The maximum Gasteiger partial charge on any atom is 0.246 e. The summed E-state index contributed by atoms with van der Waals surface area (Å²) < 4.78 is 28.2. The van der Waals surface area contributed by atoms with Crippen molar-refractivity contribution in [1.82, 2.24) is 10.2 Å². The maximum atomic E-state index is 14.5. The van der Waals surface area contributed by atoms with E-state index in [4.69, 9.17) is 29.4 Å². The van der Waals surface area contributed by atoms with E-state index in [0.717, 1.165) is 16.7 Å². The molecule has 0 radical (unpaired) electrons. The van der Waals surface area contributed by atoms with Crippen LogP contribution in [-0.4, -0.2) is 82.3 Å². The van der Waals surface area contributed by atoms with Gasteiger partial charge < -0.3 is 45.0 Å². The first-order valence-corrected chi connectivity index (χ1v) is 18.3. The second-order valence-corrected chi connectivity index (χ2v) is 13.6. The Hall–Kier alpha value is -5.11. The zero-order chi connectivity index (χ0) is 37.7. The topological polar surface area (TPSA) is 168 Å². The summed E-state index contributed by atoms with van der Waals surface area (Å²) in [5.41, 5.74) is 10.2. The summed E-state index contributed by atoms with van der Waals surface area (Å²) in [5.74, 6) is 1.68. The Kier molecular flexibility index (Phi) is 12.1. The lowest BCUT2D eigenvalue weighted by Crippen LogP contribution is -2.55. The molecule has 0 unspecified atom stereocenters. The van der Waals surface area contributed by atoms with Gasteiger partial charge in [-0.2, -0.15) is 11.8 Å². The molecule has 3 amide bonds. The highest BCUT2D eigenvalue weighted by Gasteiger charge is 2.38. The van der Waals surface area contributed by atoms with Gasteiger partial charge in [0.05, 0.1) is 47.3 Å². The van der Waals surface area contributed by atoms with Crippen molar-refractivity contribution in [2.75, 3.05) is 52.9 Å². The van der Waals surface area contributed by atoms with Gasteiger partial charge in [0.15, 0.2) is 23.0 Å². The minimum atomic E-state index is -0.916. The van der Waals surface area contributed by atoms with Crippen LogP contribution < -0.4 is 45.5 Å². The minimum Gasteiger partial charge on any atom is -0.493 e. The van der Waals surface area contributed by atoms with E-state index in [-0.39, 0.29) is 35.9 Å². The number of aryl methyl sites for hydroxylation is 1. The second kappa shape index (κ2) is 16.5. The van der Waals surface area contributed by atoms with Crippen molar-refractivity contribution in [3.8, 4) is 39.9 Å². The van der Waals surface area contributed by atoms with Gasteiger partial charge in [0.1, 0.15) is 12.1 Å². The lowest BCUT2D eigenvalue weighted by molar-refractivity contribution is -0.141. The molecule has 0 saturated carbocycles. The van der Waals surface area contributed by atoms with Crippen molar-refractivity contribution in [2.24, 2.45) is 5.73 Å². The predicted molar refractivity (Wildman–Crippen MR) is 200 cm³/mol. The Morgan fingerprint density at radius 1 is 0.904 bits per heavy atom. The molecule has 0 saturated heterocycles. The summed E-state index contributed by atoms with van der Waals surface area (Å²) in [6.45, 7) is 1.55. The number of hydrogen-bond donors (Lipinski definition) is 3. The summed E-state index contributed by atoms with van der Waals surface area (Å²) in [6, 6.07) is 8.15. The Morgan fingerprint density at radius 3 is 2.15 bits per heavy atom. The molecule has 5 rings (SSSR count). The lowest BCUT2D eigenvalue weighted by atomic mass is 9.92. The standard InChI is InChI=1S/C38H46N4O9S/c1-20(43)40-26-10-8-21-15-33(49-4)35(50-5)36(51-6)34(21)24-9-11-27(30(44)18-25(24)26)41-28(12-13-52-7)38(46)42-19-23-17-32(48-3)31(47-2)16-22(23)14-29(42)37(39)45/h9,11,15-18,26,28-29H,8,10,12-14,19H2,1-7H3,(H2,39,45)(H,40,43)(H,41,44)/t26-,28-,29-/m1/s1. The maximum absolute atomic E-state index is 14.5. The summed E-state index contributed by atoms with van der Waals surface area (Å²) in [7, 11) is 7.68. The van der Waals surface area contributed by atoms with Crippen molar-refractivity contribution >= 4 is 35.2 Å². The second-order valence-electron chi connectivity index (χ2n) is 12.6. The average molecular weight is 735 g/mol. The van der Waals surface area contributed by atoms with E-state index in [1.165, 1.54) is 46.3 Å². The van der Waals surface area contributed by atoms with Crippen LogP contribution in [-0.2, 0) is 33.8 Å². The average Bonchev–Trinajstić information content (AvgIpc) is 3.38. The van der Waals surface area contributed by atoms with Gasteiger partial charge in [-0.05, 0) is 89.4 Å². The van der Waals surface area contributed by atoms with E-state index in [2.05, 4.69) is 10.6 Å². The first kappa shape index (κ1) is 38.1. The number of rotatable bonds is 13. The molecule has 1 aliphatic heterocycles. The van der Waals surface area contributed by atoms with Crippen LogP contribution in [0.3, 0.4) is 0 Å². The highest BCUT2D eigenvalue weighted by Crippen LogP contribution is 2.50. The Labute approximate surface area is 307 Å². The van der Waals surface area contributed by atoms with Crippen LogP contribution in [0.4, 0.5) is 5.69 Å². The van der Waals surface area contributed by atoms with Crippen LogP contribution in [0.2, 0.25) is 0 Å². The summed E-state index contributed by atoms with van der Waals surface area (Å²) in [6.07, 6.45) is 3.55. The number of nitrogens with zero attached hydrogens (tertiary/aromatic N) is 1. The number of nitrogens with two attached hydrogens (primary N) is 1. The van der Waals surface area contributed by atoms with Gasteiger partial charge in [0.25, 0.3) is 0 Å². The molecule has 2 aliphatic rings. The van der Waals surface area contributed by atoms with Crippen LogP contribution >= 0.6 is 11.8 Å². The van der Waals surface area contributed by atoms with E-state index in [0.29, 0.717) is 70.5 Å². The number of anilines is 1. The third kappa shape index (κ3) is 7.57. The van der Waals surface area contributed by atoms with E-state index < -0.39 is 24.0 Å². The SMILES string of the molecule is COc1cc2c(cc1OC)CN(C(=O)[C@@H](CCSC)Nc1ccc3c(cc1=O)[C@H](NC(C)=O)CCc1cc(OC)c(OC)c(OC)c1-3)[C@@H](C(N)=O)C2. The van der Waals surface area contributed by atoms with Crippen LogP contribution in [0.1, 0.15) is 48.1 Å². The normalized spacial score (nSPS) is 16.6. The van der Waals surface area contributed by atoms with Crippen molar-refractivity contribution in [3.63, 3.8) is 0 Å². The third-order valence-corrected chi connectivity index (χ3v) is 10.2. The molecule has 3 aromatic rings. The largest absolute Gasteiger partial charge is 0.493 e. The van der Waals surface area contributed by atoms with Crippen LogP contribution in [0.5, 0.6) is 28.7 Å². The zero-order valence-corrected chi connectivity index (χ0v) is 31.4. The summed E-state index contributed by atoms with van der Waals surface area (Å²) >= 11 is 1.56. The Morgan fingerprint density at radius 2 is 1.56 bits per heavy atom. The molecule has 4 N–H and O–H groups in total. The van der Waals surface area contributed by atoms with Crippen molar-refractivity contribution in [1.29, 1.82) is 0 Å². The number of methoxy groups -OCH3 is 5. The zero-order valence-electron chi connectivity index (χ0n) is 30.5. The Bertz CT molecular complexity index is 1920. The first-order chi connectivity index (χ1) is 25.0. The quantitative estimate of drug-likeness (QED) is 0.233. The van der Waals surface area contributed by atoms with Gasteiger partial charge in [-0.15, -0.1) is 0 Å². The monoisotopic (exact) mass is 734 g/mol. The molecule has 0 aromatic heterocycles. The van der Waals surface area contributed by atoms with Crippen LogP contribution in [0, 0.1) is 0 Å². The molecule has 1 heterocycles. The van der Waals surface area contributed by atoms with Gasteiger partial charge in [0.2, 0.25) is 28.9 Å². The highest BCUT2D eigenvalue weighted by atomic mass is 32.2. The third-order valence-electron chi connectivity index (χ3n) is 9.60. The fourth-order valence-corrected chi connectivity index (χ4v) is 7.58. The van der Waals surface area contributed by atoms with E-state index in [9.17, 15) is 19.2 Å². The molecular weight excluding hydrogens is 689 g/mol. The van der Waals surface area contributed by atoms with Crippen molar-refractivity contribution in [3.05, 3.63) is 68.9 Å². The number of primary amides is 1. The van der Waals surface area contributed by atoms with Gasteiger partial charge in [-0.25, -0.2) is 0 Å². The number of fused-ring (bicyclic) bond motifs is 4. The lowest BCUT2D eigenvalue weighted by Gasteiger charge is -2.37. The van der Waals surface area contributed by atoms with Gasteiger partial charge in [-0.1, -0.05) is 6.07 Å². The van der Waals surface area contributed by atoms with E-state index in [1.807, 2.05) is 12.3 Å². The van der Waals surface area contributed by atoms with Gasteiger partial charge in [0, 0.05) is 25.5 Å². The summed E-state index contributed by atoms with van der Waals surface area (Å²) in [4.78, 5) is 55.3. The Balaban J connectivity index is 1.60. The molecule has 52 heavy (non-hydrogen) atoms. The fourth-order valence-electron chi connectivity index (χ4n) is 7.11. The van der Waals surface area contributed by atoms with E-state index in [1.54, 1.807) is 43.1 Å². The molecular formula is C38H46N4O9S. The molecule has 3 aromatic carbocycles. The number of amides is 3. The molecule has 13 nitrogen and oxygen atoms in total. The van der Waals surface area contributed by atoms with Crippen LogP contribution in [0.15, 0.2) is 41.2 Å². The van der Waals surface area contributed by atoms with Crippen LogP contribution in [0.25, 0.3) is 11.1 Å². The van der Waals surface area contributed by atoms with Gasteiger partial charge >= 0.3 is 0 Å². The highest BCUT2D eigenvalue weighted by molar-refractivity contribution is 7.98. The summed E-state index contributed by atoms with van der Waals surface area (Å²) in [5, 5.41) is 6.25. The molecule has 14 heteroatoms. The number of thioether (sulfide) groups is 1. The number of carbonyl (C=O) groups excluding carboxylic acids is 3. The molecule has 1 aliphatic carbocycles. The van der Waals surface area contributed by atoms with Crippen molar-refractivity contribution < 1.29 is 38.1 Å². The number of carbonyl (C=O) groups is 3.